The van der Waals surface area contributed by atoms with Gasteiger partial charge in [-0.1, -0.05) is 12.8 Å². The van der Waals surface area contributed by atoms with Crippen LogP contribution in [0, 0.1) is 12.8 Å². The van der Waals surface area contributed by atoms with Crippen LogP contribution in [0.15, 0.2) is 12.1 Å². The lowest BCUT2D eigenvalue weighted by Gasteiger charge is -2.33. The van der Waals surface area contributed by atoms with Gasteiger partial charge in [-0.05, 0) is 44.7 Å². The molecular formula is C14H23NOS. The van der Waals surface area contributed by atoms with Crippen LogP contribution in [0.1, 0.15) is 48.4 Å². The minimum absolute atomic E-state index is 0.327. The Kier molecular flexibility index (Phi) is 4.60. The smallest absolute Gasteiger partial charge is 0.0474 e. The molecule has 1 aromatic rings. The second-order valence-corrected chi connectivity index (χ2v) is 6.49. The average Bonchev–Trinajstić information content (AvgIpc) is 2.77. The molecule has 3 atom stereocenters. The van der Waals surface area contributed by atoms with E-state index in [2.05, 4.69) is 31.3 Å². The SMILES string of the molecule is Cc1ccc(C(C)NC2CCCCC2CO)s1. The number of aliphatic hydroxyl groups is 1. The summed E-state index contributed by atoms with van der Waals surface area (Å²) < 4.78 is 0. The molecule has 0 saturated heterocycles. The van der Waals surface area contributed by atoms with Crippen LogP contribution in [0.3, 0.4) is 0 Å². The van der Waals surface area contributed by atoms with Gasteiger partial charge in [0.15, 0.2) is 0 Å². The summed E-state index contributed by atoms with van der Waals surface area (Å²) in [5.41, 5.74) is 0. The number of rotatable bonds is 4. The molecule has 0 bridgehead atoms. The largest absolute Gasteiger partial charge is 0.396 e. The van der Waals surface area contributed by atoms with Crippen LogP contribution in [0.5, 0.6) is 0 Å². The molecule has 1 aliphatic carbocycles. The average molecular weight is 253 g/mol. The maximum atomic E-state index is 9.41. The van der Waals surface area contributed by atoms with E-state index in [0.717, 1.165) is 0 Å². The first-order chi connectivity index (χ1) is 8.20. The molecule has 0 spiro atoms. The Balaban J connectivity index is 1.94. The monoisotopic (exact) mass is 253 g/mol. The topological polar surface area (TPSA) is 32.3 Å². The second-order valence-electron chi connectivity index (χ2n) is 5.17. The predicted octanol–water partition coefficient (Wildman–Crippen LogP) is 3.26. The summed E-state index contributed by atoms with van der Waals surface area (Å²) in [7, 11) is 0. The van der Waals surface area contributed by atoms with Crippen molar-refractivity contribution in [1.82, 2.24) is 5.32 Å². The normalized spacial score (nSPS) is 27.0. The third-order valence-electron chi connectivity index (χ3n) is 3.80. The second kappa shape index (κ2) is 5.98. The molecule has 0 aromatic carbocycles. The molecule has 1 saturated carbocycles. The first-order valence-corrected chi connectivity index (χ1v) is 7.45. The van der Waals surface area contributed by atoms with Gasteiger partial charge in [0, 0.05) is 28.4 Å². The molecule has 3 unspecified atom stereocenters. The van der Waals surface area contributed by atoms with Gasteiger partial charge in [-0.3, -0.25) is 0 Å². The van der Waals surface area contributed by atoms with E-state index in [1.165, 1.54) is 35.4 Å². The van der Waals surface area contributed by atoms with Gasteiger partial charge in [0.2, 0.25) is 0 Å². The van der Waals surface area contributed by atoms with Crippen LogP contribution in [0.4, 0.5) is 0 Å². The van der Waals surface area contributed by atoms with Crippen LogP contribution >= 0.6 is 11.3 Å². The van der Waals surface area contributed by atoms with Crippen molar-refractivity contribution in [2.24, 2.45) is 5.92 Å². The lowest BCUT2D eigenvalue weighted by Crippen LogP contribution is -2.41. The summed E-state index contributed by atoms with van der Waals surface area (Å²) in [6.07, 6.45) is 4.95. The minimum atomic E-state index is 0.327. The van der Waals surface area contributed by atoms with Crippen LogP contribution in [0.25, 0.3) is 0 Å². The molecule has 3 heteroatoms. The molecule has 2 N–H and O–H groups in total. The lowest BCUT2D eigenvalue weighted by atomic mass is 9.84. The van der Waals surface area contributed by atoms with Gasteiger partial charge >= 0.3 is 0 Å². The zero-order valence-corrected chi connectivity index (χ0v) is 11.6. The molecule has 17 heavy (non-hydrogen) atoms. The van der Waals surface area contributed by atoms with Gasteiger partial charge < -0.3 is 10.4 Å². The van der Waals surface area contributed by atoms with Gasteiger partial charge in [0.05, 0.1) is 0 Å². The molecular weight excluding hydrogens is 230 g/mol. The fraction of sp³-hybridized carbons (Fsp3) is 0.714. The Bertz CT molecular complexity index is 350. The van der Waals surface area contributed by atoms with Crippen molar-refractivity contribution in [2.75, 3.05) is 6.61 Å². The first kappa shape index (κ1) is 13.1. The number of hydrogen-bond acceptors (Lipinski definition) is 3. The van der Waals surface area contributed by atoms with Crippen LogP contribution in [0.2, 0.25) is 0 Å². The van der Waals surface area contributed by atoms with E-state index in [0.29, 0.717) is 24.6 Å². The fourth-order valence-corrected chi connectivity index (χ4v) is 3.62. The third kappa shape index (κ3) is 3.30. The summed E-state index contributed by atoms with van der Waals surface area (Å²) in [6.45, 7) is 4.71. The zero-order valence-electron chi connectivity index (χ0n) is 10.8. The van der Waals surface area contributed by atoms with Gasteiger partial charge in [0.1, 0.15) is 0 Å². The van der Waals surface area contributed by atoms with E-state index < -0.39 is 0 Å². The molecule has 0 radical (unpaired) electrons. The third-order valence-corrected chi connectivity index (χ3v) is 4.98. The van der Waals surface area contributed by atoms with E-state index in [1.54, 1.807) is 0 Å². The number of thiophene rings is 1. The van der Waals surface area contributed by atoms with Crippen molar-refractivity contribution in [2.45, 2.75) is 51.6 Å². The lowest BCUT2D eigenvalue weighted by molar-refractivity contribution is 0.147. The maximum absolute atomic E-state index is 9.41. The van der Waals surface area contributed by atoms with E-state index in [-0.39, 0.29) is 0 Å². The number of hydrogen-bond donors (Lipinski definition) is 2. The summed E-state index contributed by atoms with van der Waals surface area (Å²) in [4.78, 5) is 2.78. The van der Waals surface area contributed by atoms with E-state index in [9.17, 15) is 5.11 Å². The standard InChI is InChI=1S/C14H23NOS/c1-10-7-8-14(17-10)11(2)15-13-6-4-3-5-12(13)9-16/h7-8,11-13,15-16H,3-6,9H2,1-2H3. The molecule has 2 nitrogen and oxygen atoms in total. The molecule has 1 aliphatic rings. The van der Waals surface area contributed by atoms with Crippen molar-refractivity contribution in [1.29, 1.82) is 0 Å². The van der Waals surface area contributed by atoms with Crippen molar-refractivity contribution in [3.63, 3.8) is 0 Å². The van der Waals surface area contributed by atoms with Crippen molar-refractivity contribution in [3.05, 3.63) is 21.9 Å². The summed E-state index contributed by atoms with van der Waals surface area (Å²) >= 11 is 1.87. The van der Waals surface area contributed by atoms with Crippen molar-refractivity contribution in [3.8, 4) is 0 Å². The van der Waals surface area contributed by atoms with Crippen molar-refractivity contribution < 1.29 is 5.11 Å². The van der Waals surface area contributed by atoms with Crippen LogP contribution < -0.4 is 5.32 Å². The van der Waals surface area contributed by atoms with Crippen molar-refractivity contribution >= 4 is 11.3 Å². The summed E-state index contributed by atoms with van der Waals surface area (Å²) in [6, 6.07) is 5.30. The van der Waals surface area contributed by atoms with Crippen LogP contribution in [-0.4, -0.2) is 17.8 Å². The van der Waals surface area contributed by atoms with Gasteiger partial charge in [0.25, 0.3) is 0 Å². The van der Waals surface area contributed by atoms with Gasteiger partial charge in [-0.2, -0.15) is 0 Å². The first-order valence-electron chi connectivity index (χ1n) is 6.64. The molecule has 2 rings (SSSR count). The molecule has 0 aliphatic heterocycles. The maximum Gasteiger partial charge on any atom is 0.0474 e. The number of aliphatic hydroxyl groups excluding tert-OH is 1. The van der Waals surface area contributed by atoms with E-state index in [1.807, 2.05) is 11.3 Å². The Hall–Kier alpha value is -0.380. The van der Waals surface area contributed by atoms with E-state index in [4.69, 9.17) is 0 Å². The summed E-state index contributed by atoms with van der Waals surface area (Å²) in [5, 5.41) is 13.1. The van der Waals surface area contributed by atoms with Gasteiger partial charge in [-0.25, -0.2) is 0 Å². The number of aryl methyl sites for hydroxylation is 1. The Morgan fingerprint density at radius 1 is 1.41 bits per heavy atom. The Morgan fingerprint density at radius 2 is 2.18 bits per heavy atom. The fourth-order valence-electron chi connectivity index (χ4n) is 2.74. The molecule has 1 fully saturated rings. The minimum Gasteiger partial charge on any atom is -0.396 e. The highest BCUT2D eigenvalue weighted by Crippen LogP contribution is 2.28. The van der Waals surface area contributed by atoms with Gasteiger partial charge in [-0.15, -0.1) is 11.3 Å². The molecule has 1 aromatic heterocycles. The quantitative estimate of drug-likeness (QED) is 0.863. The summed E-state index contributed by atoms with van der Waals surface area (Å²) in [5.74, 6) is 0.451. The number of nitrogens with one attached hydrogen (secondary N) is 1. The zero-order chi connectivity index (χ0) is 12.3. The Labute approximate surface area is 108 Å². The highest BCUT2D eigenvalue weighted by Gasteiger charge is 2.25. The molecule has 96 valence electrons. The Morgan fingerprint density at radius 3 is 2.82 bits per heavy atom. The highest BCUT2D eigenvalue weighted by molar-refractivity contribution is 7.12. The highest BCUT2D eigenvalue weighted by atomic mass is 32.1. The van der Waals surface area contributed by atoms with Crippen LogP contribution in [-0.2, 0) is 0 Å². The molecule has 0 amide bonds. The van der Waals surface area contributed by atoms with E-state index >= 15 is 0 Å². The predicted molar refractivity (Wildman–Crippen MR) is 73.4 cm³/mol. The molecule has 1 heterocycles.